The lowest BCUT2D eigenvalue weighted by atomic mass is 10.5. The molecule has 0 radical (unpaired) electrons. The summed E-state index contributed by atoms with van der Waals surface area (Å²) in [5, 5.41) is 12.3. The minimum Gasteiger partial charge on any atom is -0.271 e. The van der Waals surface area contributed by atoms with Gasteiger partial charge in [0.05, 0.1) is 18.0 Å². The maximum Gasteiger partial charge on any atom is 0.178 e. The van der Waals surface area contributed by atoms with E-state index in [4.69, 9.17) is 5.26 Å². The van der Waals surface area contributed by atoms with Crippen LogP contribution in [0, 0.1) is 11.3 Å². The van der Waals surface area contributed by atoms with Crippen molar-refractivity contribution < 1.29 is 8.42 Å². The van der Waals surface area contributed by atoms with E-state index in [1.807, 2.05) is 0 Å². The number of nitrogens with zero attached hydrogens (tertiary/aromatic N) is 3. The van der Waals surface area contributed by atoms with Gasteiger partial charge in [-0.15, -0.1) is 11.8 Å². The van der Waals surface area contributed by atoms with Crippen LogP contribution in [0.2, 0.25) is 0 Å². The monoisotopic (exact) mass is 259 g/mol. The number of hydrogen-bond donors (Lipinski definition) is 0. The molecule has 7 heteroatoms. The Morgan fingerprint density at radius 1 is 1.62 bits per heavy atom. The van der Waals surface area contributed by atoms with E-state index in [1.165, 1.54) is 12.4 Å². The molecule has 0 saturated carbocycles. The Balaban J connectivity index is 2.39. The van der Waals surface area contributed by atoms with Crippen molar-refractivity contribution >= 4 is 21.6 Å². The first-order valence-electron chi connectivity index (χ1n) is 4.71. The molecule has 1 aromatic rings. The molecule has 1 aromatic heterocycles. The number of rotatable bonds is 6. The van der Waals surface area contributed by atoms with E-state index >= 15 is 0 Å². The molecule has 0 spiro atoms. The average Bonchev–Trinajstić information content (AvgIpc) is 2.65. The highest BCUT2D eigenvalue weighted by Crippen LogP contribution is 2.08. The van der Waals surface area contributed by atoms with Crippen molar-refractivity contribution in [2.45, 2.75) is 17.9 Å². The third-order valence-electron chi connectivity index (χ3n) is 1.88. The van der Waals surface area contributed by atoms with Crippen LogP contribution in [-0.4, -0.2) is 36.0 Å². The van der Waals surface area contributed by atoms with Crippen molar-refractivity contribution in [3.63, 3.8) is 0 Å². The van der Waals surface area contributed by atoms with Crippen LogP contribution in [0.4, 0.5) is 0 Å². The molecule has 0 saturated heterocycles. The number of aromatic nitrogens is 2. The molecule has 0 aromatic carbocycles. The van der Waals surface area contributed by atoms with E-state index < -0.39 is 9.84 Å². The van der Waals surface area contributed by atoms with Gasteiger partial charge in [0.2, 0.25) is 0 Å². The molecule has 0 aliphatic carbocycles. The lowest BCUT2D eigenvalue weighted by Crippen LogP contribution is -2.00. The van der Waals surface area contributed by atoms with Crippen LogP contribution in [0.3, 0.4) is 0 Å². The third-order valence-corrected chi connectivity index (χ3v) is 3.86. The summed E-state index contributed by atoms with van der Waals surface area (Å²) in [6.07, 6.45) is 4.93. The smallest absolute Gasteiger partial charge is 0.178 e. The van der Waals surface area contributed by atoms with Crippen LogP contribution in [0.15, 0.2) is 17.3 Å². The number of aryl methyl sites for hydroxylation is 1. The van der Waals surface area contributed by atoms with Crippen molar-refractivity contribution in [2.75, 3.05) is 17.8 Å². The fourth-order valence-corrected chi connectivity index (χ4v) is 2.23. The zero-order chi connectivity index (χ0) is 12.0. The van der Waals surface area contributed by atoms with Gasteiger partial charge in [0.1, 0.15) is 4.90 Å². The Morgan fingerprint density at radius 2 is 2.38 bits per heavy atom. The van der Waals surface area contributed by atoms with Crippen LogP contribution in [0.1, 0.15) is 6.42 Å². The minimum absolute atomic E-state index is 0.247. The summed E-state index contributed by atoms with van der Waals surface area (Å²) in [7, 11) is -3.15. The van der Waals surface area contributed by atoms with Crippen molar-refractivity contribution in [2.24, 2.45) is 0 Å². The van der Waals surface area contributed by atoms with E-state index in [2.05, 4.69) is 11.2 Å². The van der Waals surface area contributed by atoms with E-state index in [9.17, 15) is 8.42 Å². The first-order valence-corrected chi connectivity index (χ1v) is 7.76. The van der Waals surface area contributed by atoms with E-state index in [1.54, 1.807) is 16.4 Å². The van der Waals surface area contributed by atoms with Gasteiger partial charge in [-0.25, -0.2) is 8.42 Å². The number of thioether (sulfide) groups is 1. The summed E-state index contributed by atoms with van der Waals surface area (Å²) in [6.45, 7) is 0.675. The number of nitriles is 1. The highest BCUT2D eigenvalue weighted by Gasteiger charge is 2.09. The van der Waals surface area contributed by atoms with Gasteiger partial charge in [0.25, 0.3) is 0 Å². The summed E-state index contributed by atoms with van der Waals surface area (Å²) in [4.78, 5) is 0.247. The maximum atomic E-state index is 11.2. The number of hydrogen-bond acceptors (Lipinski definition) is 5. The summed E-state index contributed by atoms with van der Waals surface area (Å²) in [6, 6.07) is 2.05. The first-order chi connectivity index (χ1) is 7.54. The minimum atomic E-state index is -3.15. The molecular weight excluding hydrogens is 246 g/mol. The Hall–Kier alpha value is -1.000. The molecule has 1 heterocycles. The molecule has 0 aliphatic heterocycles. The molecule has 1 rings (SSSR count). The van der Waals surface area contributed by atoms with Gasteiger partial charge >= 0.3 is 0 Å². The quantitative estimate of drug-likeness (QED) is 0.710. The highest BCUT2D eigenvalue weighted by atomic mass is 32.2. The molecule has 88 valence electrons. The van der Waals surface area contributed by atoms with E-state index in [0.717, 1.165) is 18.4 Å². The van der Waals surface area contributed by atoms with Crippen LogP contribution < -0.4 is 0 Å². The molecule has 5 nitrogen and oxygen atoms in total. The molecule has 0 fully saturated rings. The fraction of sp³-hybridized carbons (Fsp3) is 0.556. The molecule has 0 bridgehead atoms. The first kappa shape index (κ1) is 13.1. The van der Waals surface area contributed by atoms with Crippen LogP contribution in [0.25, 0.3) is 0 Å². The average molecular weight is 259 g/mol. The van der Waals surface area contributed by atoms with Gasteiger partial charge < -0.3 is 0 Å². The summed E-state index contributed by atoms with van der Waals surface area (Å²) in [5.74, 6) is 1.37. The van der Waals surface area contributed by atoms with Crippen LogP contribution in [-0.2, 0) is 16.4 Å². The normalized spacial score (nSPS) is 11.2. The molecular formula is C9H13N3O2S2. The third kappa shape index (κ3) is 4.24. The second-order valence-electron chi connectivity index (χ2n) is 3.28. The Kier molecular flexibility index (Phi) is 4.83. The van der Waals surface area contributed by atoms with Gasteiger partial charge in [0.15, 0.2) is 9.84 Å². The van der Waals surface area contributed by atoms with E-state index in [-0.39, 0.29) is 4.90 Å². The zero-order valence-corrected chi connectivity index (χ0v) is 10.6. The Labute approximate surface area is 99.4 Å². The summed E-state index contributed by atoms with van der Waals surface area (Å²) >= 11 is 1.56. The zero-order valence-electron chi connectivity index (χ0n) is 8.96. The fourth-order valence-electron chi connectivity index (χ4n) is 1.10. The van der Waals surface area contributed by atoms with Gasteiger partial charge in [-0.3, -0.25) is 4.68 Å². The van der Waals surface area contributed by atoms with Crippen molar-refractivity contribution in [1.29, 1.82) is 5.26 Å². The van der Waals surface area contributed by atoms with Gasteiger partial charge in [-0.2, -0.15) is 10.4 Å². The summed E-state index contributed by atoms with van der Waals surface area (Å²) < 4.78 is 24.0. The highest BCUT2D eigenvalue weighted by molar-refractivity contribution is 7.99. The predicted octanol–water partition coefficient (Wildman–Crippen LogP) is 0.933. The molecule has 0 atom stereocenters. The SMILES string of the molecule is CS(=O)(=O)c1cnn(CCCSCC#N)c1. The van der Waals surface area contributed by atoms with Gasteiger partial charge in [0, 0.05) is 19.0 Å². The standard InChI is InChI=1S/C9H13N3O2S2/c1-16(13,14)9-7-11-12(8-9)4-2-5-15-6-3-10/h7-8H,2,4-6H2,1H3. The van der Waals surface area contributed by atoms with Crippen molar-refractivity contribution in [1.82, 2.24) is 9.78 Å². The molecule has 0 amide bonds. The number of sulfone groups is 1. The van der Waals surface area contributed by atoms with Crippen LogP contribution in [0.5, 0.6) is 0 Å². The lowest BCUT2D eigenvalue weighted by Gasteiger charge is -1.99. The molecule has 0 unspecified atom stereocenters. The lowest BCUT2D eigenvalue weighted by molar-refractivity contribution is 0.597. The molecule has 0 aliphatic rings. The van der Waals surface area contributed by atoms with Crippen molar-refractivity contribution in [3.05, 3.63) is 12.4 Å². The summed E-state index contributed by atoms with van der Waals surface area (Å²) in [5.41, 5.74) is 0. The molecule has 0 N–H and O–H groups in total. The predicted molar refractivity (Wildman–Crippen MR) is 62.9 cm³/mol. The second-order valence-corrected chi connectivity index (χ2v) is 6.40. The Morgan fingerprint density at radius 3 is 2.94 bits per heavy atom. The topological polar surface area (TPSA) is 75.8 Å². The maximum absolute atomic E-state index is 11.2. The Bertz CT molecular complexity index is 473. The second kappa shape index (κ2) is 5.92. The van der Waals surface area contributed by atoms with Gasteiger partial charge in [-0.1, -0.05) is 0 Å². The van der Waals surface area contributed by atoms with Crippen LogP contribution >= 0.6 is 11.8 Å². The van der Waals surface area contributed by atoms with E-state index in [0.29, 0.717) is 12.3 Å². The molecule has 16 heavy (non-hydrogen) atoms. The van der Waals surface area contributed by atoms with Crippen molar-refractivity contribution in [3.8, 4) is 6.07 Å². The largest absolute Gasteiger partial charge is 0.271 e. The van der Waals surface area contributed by atoms with Gasteiger partial charge in [-0.05, 0) is 12.2 Å².